The van der Waals surface area contributed by atoms with Crippen molar-refractivity contribution in [3.05, 3.63) is 59.4 Å². The molecule has 6 heteroatoms. The second kappa shape index (κ2) is 6.04. The first-order chi connectivity index (χ1) is 10.0. The van der Waals surface area contributed by atoms with Crippen molar-refractivity contribution in [2.45, 2.75) is 0 Å². The standard InChI is InChI=1S/C15H12FNO4/c1-21-9-6-7-12(16)13(8-9)17-14(18)10-4-2-3-5-11(10)15(19)20/h2-8H,1H3,(H,17,18)(H,19,20). The first-order valence-electron chi connectivity index (χ1n) is 6.00. The summed E-state index contributed by atoms with van der Waals surface area (Å²) in [5.74, 6) is -2.21. The number of hydrogen-bond acceptors (Lipinski definition) is 3. The van der Waals surface area contributed by atoms with Crippen LogP contribution in [0.25, 0.3) is 0 Å². The van der Waals surface area contributed by atoms with Gasteiger partial charge in [0.25, 0.3) is 5.91 Å². The van der Waals surface area contributed by atoms with Crippen molar-refractivity contribution >= 4 is 17.6 Å². The molecule has 2 aromatic carbocycles. The molecule has 5 nitrogen and oxygen atoms in total. The summed E-state index contributed by atoms with van der Waals surface area (Å²) in [5.41, 5.74) is -0.287. The highest BCUT2D eigenvalue weighted by Gasteiger charge is 2.17. The largest absolute Gasteiger partial charge is 0.497 e. The van der Waals surface area contributed by atoms with E-state index < -0.39 is 17.7 Å². The third-order valence-corrected chi connectivity index (χ3v) is 2.82. The van der Waals surface area contributed by atoms with Crippen molar-refractivity contribution < 1.29 is 23.8 Å². The zero-order valence-corrected chi connectivity index (χ0v) is 11.1. The maximum Gasteiger partial charge on any atom is 0.336 e. The number of carbonyl (C=O) groups excluding carboxylic acids is 1. The van der Waals surface area contributed by atoms with E-state index in [2.05, 4.69) is 5.32 Å². The van der Waals surface area contributed by atoms with Gasteiger partial charge in [-0.25, -0.2) is 9.18 Å². The van der Waals surface area contributed by atoms with Crippen LogP contribution in [-0.4, -0.2) is 24.1 Å². The van der Waals surface area contributed by atoms with E-state index in [0.29, 0.717) is 5.75 Å². The van der Waals surface area contributed by atoms with E-state index >= 15 is 0 Å². The average molecular weight is 289 g/mol. The summed E-state index contributed by atoms with van der Waals surface area (Å²) in [4.78, 5) is 23.2. The van der Waals surface area contributed by atoms with Crippen molar-refractivity contribution in [1.29, 1.82) is 0 Å². The minimum atomic E-state index is -1.23. The van der Waals surface area contributed by atoms with Crippen molar-refractivity contribution in [2.75, 3.05) is 12.4 Å². The lowest BCUT2D eigenvalue weighted by Crippen LogP contribution is -2.17. The Kier molecular flexibility index (Phi) is 4.18. The van der Waals surface area contributed by atoms with Gasteiger partial charge in [-0.05, 0) is 24.3 Å². The van der Waals surface area contributed by atoms with Crippen LogP contribution in [0.15, 0.2) is 42.5 Å². The Morgan fingerprint density at radius 2 is 1.81 bits per heavy atom. The number of methoxy groups -OCH3 is 1. The molecule has 0 saturated carbocycles. The molecular weight excluding hydrogens is 277 g/mol. The number of ether oxygens (including phenoxy) is 1. The summed E-state index contributed by atoms with van der Waals surface area (Å²) in [5, 5.41) is 11.4. The number of carboxylic acid groups (broad SMARTS) is 1. The molecule has 0 atom stereocenters. The van der Waals surface area contributed by atoms with Gasteiger partial charge in [-0.1, -0.05) is 12.1 Å². The Labute approximate surface area is 120 Å². The lowest BCUT2D eigenvalue weighted by Gasteiger charge is -2.09. The molecule has 21 heavy (non-hydrogen) atoms. The zero-order valence-electron chi connectivity index (χ0n) is 11.1. The number of carboxylic acids is 1. The normalized spacial score (nSPS) is 10.0. The Morgan fingerprint density at radius 1 is 1.14 bits per heavy atom. The predicted octanol–water partition coefficient (Wildman–Crippen LogP) is 2.78. The first kappa shape index (κ1) is 14.5. The minimum absolute atomic E-state index is 0.0489. The molecule has 108 valence electrons. The predicted molar refractivity (Wildman–Crippen MR) is 74.3 cm³/mol. The third-order valence-electron chi connectivity index (χ3n) is 2.82. The fourth-order valence-electron chi connectivity index (χ4n) is 1.78. The minimum Gasteiger partial charge on any atom is -0.497 e. The summed E-state index contributed by atoms with van der Waals surface area (Å²) in [6, 6.07) is 9.58. The highest BCUT2D eigenvalue weighted by Crippen LogP contribution is 2.22. The van der Waals surface area contributed by atoms with Gasteiger partial charge >= 0.3 is 5.97 Å². The molecule has 0 fully saturated rings. The van der Waals surface area contributed by atoms with Crippen LogP contribution in [-0.2, 0) is 0 Å². The van der Waals surface area contributed by atoms with Crippen molar-refractivity contribution in [3.63, 3.8) is 0 Å². The molecule has 2 aromatic rings. The number of halogens is 1. The quantitative estimate of drug-likeness (QED) is 0.907. The third kappa shape index (κ3) is 3.17. The van der Waals surface area contributed by atoms with Gasteiger partial charge in [0.05, 0.1) is 23.9 Å². The summed E-state index contributed by atoms with van der Waals surface area (Å²) >= 11 is 0. The lowest BCUT2D eigenvalue weighted by atomic mass is 10.1. The first-order valence-corrected chi connectivity index (χ1v) is 6.00. The zero-order chi connectivity index (χ0) is 15.4. The lowest BCUT2D eigenvalue weighted by molar-refractivity contribution is 0.0692. The number of amides is 1. The SMILES string of the molecule is COc1ccc(F)c(NC(=O)c2ccccc2C(=O)O)c1. The van der Waals surface area contributed by atoms with Gasteiger partial charge in [0.2, 0.25) is 0 Å². The molecule has 0 saturated heterocycles. The van der Waals surface area contributed by atoms with E-state index in [1.807, 2.05) is 0 Å². The monoisotopic (exact) mass is 289 g/mol. The molecule has 0 radical (unpaired) electrons. The van der Waals surface area contributed by atoms with Crippen LogP contribution in [0.4, 0.5) is 10.1 Å². The number of anilines is 1. The second-order valence-corrected chi connectivity index (χ2v) is 4.15. The Hall–Kier alpha value is -2.89. The maximum atomic E-state index is 13.7. The van der Waals surface area contributed by atoms with E-state index in [-0.39, 0.29) is 16.8 Å². The van der Waals surface area contributed by atoms with E-state index in [0.717, 1.165) is 6.07 Å². The molecule has 2 rings (SSSR count). The van der Waals surface area contributed by atoms with E-state index in [1.54, 1.807) is 0 Å². The Balaban J connectivity index is 2.33. The van der Waals surface area contributed by atoms with Crippen molar-refractivity contribution in [2.24, 2.45) is 0 Å². The van der Waals surface area contributed by atoms with Gasteiger partial charge in [0, 0.05) is 6.07 Å². The topological polar surface area (TPSA) is 75.6 Å². The number of rotatable bonds is 4. The molecule has 0 aliphatic carbocycles. The van der Waals surface area contributed by atoms with Crippen LogP contribution in [0.2, 0.25) is 0 Å². The van der Waals surface area contributed by atoms with Crippen molar-refractivity contribution in [1.82, 2.24) is 0 Å². The Bertz CT molecular complexity index is 700. The van der Waals surface area contributed by atoms with E-state index in [4.69, 9.17) is 9.84 Å². The van der Waals surface area contributed by atoms with Gasteiger partial charge in [-0.15, -0.1) is 0 Å². The van der Waals surface area contributed by atoms with Gasteiger partial charge in [-0.3, -0.25) is 4.79 Å². The van der Waals surface area contributed by atoms with E-state index in [9.17, 15) is 14.0 Å². The summed E-state index contributed by atoms with van der Waals surface area (Å²) in [6.45, 7) is 0. The van der Waals surface area contributed by atoms with Crippen LogP contribution in [0.5, 0.6) is 5.75 Å². The van der Waals surface area contributed by atoms with Crippen LogP contribution >= 0.6 is 0 Å². The molecule has 0 bridgehead atoms. The van der Waals surface area contributed by atoms with Crippen LogP contribution in [0.3, 0.4) is 0 Å². The summed E-state index contributed by atoms with van der Waals surface area (Å²) < 4.78 is 18.6. The molecule has 0 aliphatic rings. The Morgan fingerprint density at radius 3 is 2.43 bits per heavy atom. The molecule has 0 unspecified atom stereocenters. The molecule has 0 aromatic heterocycles. The number of carbonyl (C=O) groups is 2. The fourth-order valence-corrected chi connectivity index (χ4v) is 1.78. The van der Waals surface area contributed by atoms with Gasteiger partial charge in [-0.2, -0.15) is 0 Å². The van der Waals surface area contributed by atoms with E-state index in [1.165, 1.54) is 43.5 Å². The highest BCUT2D eigenvalue weighted by molar-refractivity contribution is 6.10. The second-order valence-electron chi connectivity index (χ2n) is 4.15. The number of benzene rings is 2. The van der Waals surface area contributed by atoms with Crippen molar-refractivity contribution in [3.8, 4) is 5.75 Å². The van der Waals surface area contributed by atoms with Gasteiger partial charge in [0.15, 0.2) is 0 Å². The average Bonchev–Trinajstić information content (AvgIpc) is 2.49. The molecule has 0 heterocycles. The van der Waals surface area contributed by atoms with Gasteiger partial charge < -0.3 is 15.2 Å². The fraction of sp³-hybridized carbons (Fsp3) is 0.0667. The van der Waals surface area contributed by atoms with Gasteiger partial charge in [0.1, 0.15) is 11.6 Å². The van der Waals surface area contributed by atoms with Crippen LogP contribution < -0.4 is 10.1 Å². The number of hydrogen-bond donors (Lipinski definition) is 2. The molecular formula is C15H12FNO4. The smallest absolute Gasteiger partial charge is 0.336 e. The summed E-state index contributed by atoms with van der Waals surface area (Å²) in [7, 11) is 1.42. The highest BCUT2D eigenvalue weighted by atomic mass is 19.1. The molecule has 0 aliphatic heterocycles. The molecule has 1 amide bonds. The number of aromatic carboxylic acids is 1. The maximum absolute atomic E-state index is 13.7. The van der Waals surface area contributed by atoms with Crippen LogP contribution in [0, 0.1) is 5.82 Å². The summed E-state index contributed by atoms with van der Waals surface area (Å²) in [6.07, 6.45) is 0. The molecule has 0 spiro atoms. The number of nitrogens with one attached hydrogen (secondary N) is 1. The van der Waals surface area contributed by atoms with Crippen LogP contribution in [0.1, 0.15) is 20.7 Å². The molecule has 2 N–H and O–H groups in total.